The van der Waals surface area contributed by atoms with Crippen LogP contribution in [0.2, 0.25) is 0 Å². The fraction of sp³-hybridized carbons (Fsp3) is 0.308. The van der Waals surface area contributed by atoms with Crippen LogP contribution in [0.15, 0.2) is 35.8 Å². The van der Waals surface area contributed by atoms with Gasteiger partial charge in [-0.1, -0.05) is 44.2 Å². The van der Waals surface area contributed by atoms with E-state index in [1.807, 2.05) is 23.7 Å². The zero-order valence-corrected chi connectivity index (χ0v) is 10.4. The summed E-state index contributed by atoms with van der Waals surface area (Å²) in [7, 11) is 0. The molecule has 0 bridgehead atoms. The largest absolute Gasteiger partial charge is 0.310 e. The topological polar surface area (TPSA) is 24.9 Å². The normalized spacial score (nSPS) is 10.9. The second-order valence-corrected chi connectivity index (χ2v) is 4.97. The molecule has 2 aromatic rings. The SMILES string of the molecule is CC(C)NCc1scnc1-c1ccccc1. The zero-order chi connectivity index (χ0) is 11.4. The highest BCUT2D eigenvalue weighted by molar-refractivity contribution is 7.10. The van der Waals surface area contributed by atoms with Gasteiger partial charge in [-0.3, -0.25) is 0 Å². The van der Waals surface area contributed by atoms with Crippen LogP contribution in [0, 0.1) is 0 Å². The minimum absolute atomic E-state index is 0.505. The van der Waals surface area contributed by atoms with Crippen LogP contribution in [0.1, 0.15) is 18.7 Å². The van der Waals surface area contributed by atoms with Crippen molar-refractivity contribution in [2.45, 2.75) is 26.4 Å². The average Bonchev–Trinajstić information content (AvgIpc) is 2.75. The number of benzene rings is 1. The predicted octanol–water partition coefficient (Wildman–Crippen LogP) is 3.31. The Morgan fingerprint density at radius 1 is 1.25 bits per heavy atom. The van der Waals surface area contributed by atoms with E-state index in [0.717, 1.165) is 12.2 Å². The van der Waals surface area contributed by atoms with Crippen LogP contribution in [0.3, 0.4) is 0 Å². The summed E-state index contributed by atoms with van der Waals surface area (Å²) in [6.45, 7) is 5.21. The lowest BCUT2D eigenvalue weighted by atomic mass is 10.1. The Hall–Kier alpha value is -1.19. The first kappa shape index (κ1) is 11.3. The van der Waals surface area contributed by atoms with E-state index < -0.39 is 0 Å². The van der Waals surface area contributed by atoms with Crippen LogP contribution in [0.25, 0.3) is 11.3 Å². The maximum absolute atomic E-state index is 4.44. The number of nitrogens with zero attached hydrogens (tertiary/aromatic N) is 1. The first-order valence-electron chi connectivity index (χ1n) is 5.48. The van der Waals surface area contributed by atoms with Crippen LogP contribution in [-0.2, 0) is 6.54 Å². The number of thiazole rings is 1. The van der Waals surface area contributed by atoms with E-state index in [2.05, 4.69) is 36.3 Å². The third kappa shape index (κ3) is 2.68. The highest BCUT2D eigenvalue weighted by atomic mass is 32.1. The fourth-order valence-corrected chi connectivity index (χ4v) is 2.26. The quantitative estimate of drug-likeness (QED) is 0.874. The molecule has 0 amide bonds. The Morgan fingerprint density at radius 3 is 2.69 bits per heavy atom. The van der Waals surface area contributed by atoms with Gasteiger partial charge in [0.2, 0.25) is 0 Å². The molecular formula is C13H16N2S. The summed E-state index contributed by atoms with van der Waals surface area (Å²) < 4.78 is 0. The molecular weight excluding hydrogens is 216 g/mol. The van der Waals surface area contributed by atoms with Crippen molar-refractivity contribution >= 4 is 11.3 Å². The van der Waals surface area contributed by atoms with E-state index in [4.69, 9.17) is 0 Å². The second kappa shape index (κ2) is 5.23. The highest BCUT2D eigenvalue weighted by Gasteiger charge is 2.08. The van der Waals surface area contributed by atoms with Gasteiger partial charge in [-0.05, 0) is 0 Å². The van der Waals surface area contributed by atoms with Crippen LogP contribution in [0.4, 0.5) is 0 Å². The van der Waals surface area contributed by atoms with Crippen molar-refractivity contribution in [1.82, 2.24) is 10.3 Å². The number of hydrogen-bond donors (Lipinski definition) is 1. The molecule has 0 radical (unpaired) electrons. The van der Waals surface area contributed by atoms with Crippen molar-refractivity contribution < 1.29 is 0 Å². The molecule has 1 aromatic heterocycles. The van der Waals surface area contributed by atoms with Crippen LogP contribution in [0.5, 0.6) is 0 Å². The summed E-state index contributed by atoms with van der Waals surface area (Å²) in [4.78, 5) is 5.75. The molecule has 0 fully saturated rings. The predicted molar refractivity (Wildman–Crippen MR) is 69.5 cm³/mol. The number of aromatic nitrogens is 1. The van der Waals surface area contributed by atoms with Gasteiger partial charge in [-0.15, -0.1) is 11.3 Å². The molecule has 84 valence electrons. The smallest absolute Gasteiger partial charge is 0.0856 e. The Bertz CT molecular complexity index is 434. The summed E-state index contributed by atoms with van der Waals surface area (Å²) in [6, 6.07) is 10.8. The molecule has 0 saturated carbocycles. The summed E-state index contributed by atoms with van der Waals surface area (Å²) in [6.07, 6.45) is 0. The van der Waals surface area contributed by atoms with E-state index in [0.29, 0.717) is 6.04 Å². The van der Waals surface area contributed by atoms with E-state index in [9.17, 15) is 0 Å². The molecule has 1 heterocycles. The first-order chi connectivity index (χ1) is 7.77. The maximum atomic E-state index is 4.44. The molecule has 3 heteroatoms. The van der Waals surface area contributed by atoms with Gasteiger partial charge in [0.25, 0.3) is 0 Å². The lowest BCUT2D eigenvalue weighted by Crippen LogP contribution is -2.21. The number of hydrogen-bond acceptors (Lipinski definition) is 3. The van der Waals surface area contributed by atoms with Crippen LogP contribution in [-0.4, -0.2) is 11.0 Å². The molecule has 0 aliphatic heterocycles. The summed E-state index contributed by atoms with van der Waals surface area (Å²) in [5.41, 5.74) is 4.22. The van der Waals surface area contributed by atoms with Crippen molar-refractivity contribution in [2.75, 3.05) is 0 Å². The molecule has 0 atom stereocenters. The van der Waals surface area contributed by atoms with Crippen molar-refractivity contribution in [2.24, 2.45) is 0 Å². The molecule has 0 aliphatic carbocycles. The maximum Gasteiger partial charge on any atom is 0.0856 e. The van der Waals surface area contributed by atoms with Gasteiger partial charge in [0.1, 0.15) is 0 Å². The van der Waals surface area contributed by atoms with Gasteiger partial charge in [-0.25, -0.2) is 4.98 Å². The summed E-state index contributed by atoms with van der Waals surface area (Å²) >= 11 is 1.71. The molecule has 0 spiro atoms. The van der Waals surface area contributed by atoms with Gasteiger partial charge in [0.05, 0.1) is 11.2 Å². The van der Waals surface area contributed by atoms with Gasteiger partial charge in [0.15, 0.2) is 0 Å². The van der Waals surface area contributed by atoms with E-state index in [1.54, 1.807) is 11.3 Å². The monoisotopic (exact) mass is 232 g/mol. The standard InChI is InChI=1S/C13H16N2S/c1-10(2)14-8-12-13(15-9-16-12)11-6-4-3-5-7-11/h3-7,9-10,14H,8H2,1-2H3. The first-order valence-corrected chi connectivity index (χ1v) is 6.36. The molecule has 1 N–H and O–H groups in total. The van der Waals surface area contributed by atoms with E-state index >= 15 is 0 Å². The number of nitrogens with one attached hydrogen (secondary N) is 1. The molecule has 2 rings (SSSR count). The molecule has 16 heavy (non-hydrogen) atoms. The third-order valence-electron chi connectivity index (χ3n) is 2.36. The Morgan fingerprint density at radius 2 is 2.00 bits per heavy atom. The van der Waals surface area contributed by atoms with Crippen LogP contribution < -0.4 is 5.32 Å². The van der Waals surface area contributed by atoms with E-state index in [1.165, 1.54) is 10.4 Å². The van der Waals surface area contributed by atoms with Gasteiger partial charge in [0, 0.05) is 23.0 Å². The molecule has 0 aliphatic rings. The molecule has 0 unspecified atom stereocenters. The number of rotatable bonds is 4. The van der Waals surface area contributed by atoms with Crippen molar-refractivity contribution in [3.8, 4) is 11.3 Å². The average molecular weight is 232 g/mol. The van der Waals surface area contributed by atoms with Crippen molar-refractivity contribution in [3.05, 3.63) is 40.7 Å². The summed E-state index contributed by atoms with van der Waals surface area (Å²) in [5.74, 6) is 0. The van der Waals surface area contributed by atoms with Gasteiger partial charge >= 0.3 is 0 Å². The van der Waals surface area contributed by atoms with Crippen molar-refractivity contribution in [3.63, 3.8) is 0 Å². The Kier molecular flexibility index (Phi) is 3.70. The minimum atomic E-state index is 0.505. The van der Waals surface area contributed by atoms with E-state index in [-0.39, 0.29) is 0 Å². The van der Waals surface area contributed by atoms with Gasteiger partial charge < -0.3 is 5.32 Å². The Balaban J connectivity index is 2.19. The second-order valence-electron chi connectivity index (χ2n) is 4.03. The fourth-order valence-electron chi connectivity index (χ4n) is 1.52. The Labute approximate surface area is 100 Å². The van der Waals surface area contributed by atoms with Gasteiger partial charge in [-0.2, -0.15) is 0 Å². The summed E-state index contributed by atoms with van der Waals surface area (Å²) in [5, 5.41) is 3.43. The minimum Gasteiger partial charge on any atom is -0.310 e. The molecule has 2 nitrogen and oxygen atoms in total. The highest BCUT2D eigenvalue weighted by Crippen LogP contribution is 2.24. The van der Waals surface area contributed by atoms with Crippen LogP contribution >= 0.6 is 11.3 Å². The lowest BCUT2D eigenvalue weighted by molar-refractivity contribution is 0.593. The third-order valence-corrected chi connectivity index (χ3v) is 3.19. The molecule has 0 saturated heterocycles. The zero-order valence-electron chi connectivity index (χ0n) is 9.60. The van der Waals surface area contributed by atoms with Crippen molar-refractivity contribution in [1.29, 1.82) is 0 Å². The molecule has 1 aromatic carbocycles. The lowest BCUT2D eigenvalue weighted by Gasteiger charge is -2.07.